The molecular weight excluding hydrogens is 244 g/mol. The van der Waals surface area contributed by atoms with Gasteiger partial charge in [0.25, 0.3) is 0 Å². The number of aromatic nitrogens is 1. The summed E-state index contributed by atoms with van der Waals surface area (Å²) in [6.45, 7) is 8.98. The largest absolute Gasteiger partial charge is 0.448 e. The van der Waals surface area contributed by atoms with Crippen LogP contribution in [0.15, 0.2) is 10.7 Å². The molecule has 1 saturated heterocycles. The highest BCUT2D eigenvalue weighted by Gasteiger charge is 2.65. The summed E-state index contributed by atoms with van der Waals surface area (Å²) in [7, 11) is 0. The predicted octanol–water partition coefficient (Wildman–Crippen LogP) is 2.49. The lowest BCUT2D eigenvalue weighted by Gasteiger charge is -2.25. The molecule has 2 fully saturated rings. The fourth-order valence-electron chi connectivity index (χ4n) is 2.86. The van der Waals surface area contributed by atoms with Crippen molar-refractivity contribution in [3.05, 3.63) is 17.8 Å². The Kier molecular flexibility index (Phi) is 2.46. The number of oxazole rings is 1. The number of nitrogens with zero attached hydrogens (tertiary/aromatic N) is 2. The molecule has 1 aliphatic carbocycles. The van der Waals surface area contributed by atoms with Crippen molar-refractivity contribution >= 4 is 6.09 Å². The second-order valence-corrected chi connectivity index (χ2v) is 6.71. The first-order valence-electron chi connectivity index (χ1n) is 6.71. The van der Waals surface area contributed by atoms with Crippen molar-refractivity contribution in [1.82, 2.24) is 9.88 Å². The number of aryl methyl sites for hydroxylation is 1. The lowest BCUT2D eigenvalue weighted by atomic mass is 10.1. The van der Waals surface area contributed by atoms with E-state index in [4.69, 9.17) is 9.15 Å². The van der Waals surface area contributed by atoms with Crippen LogP contribution in [0.2, 0.25) is 0 Å². The average molecular weight is 264 g/mol. The summed E-state index contributed by atoms with van der Waals surface area (Å²) in [5, 5.41) is 0. The number of likely N-dealkylation sites (tertiary alicyclic amines) is 1. The molecule has 1 aromatic rings. The number of amides is 1. The smallest absolute Gasteiger partial charge is 0.410 e. The third-order valence-electron chi connectivity index (χ3n) is 3.84. The SMILES string of the molecule is Cc1coc(C23CC2CN(C(=O)OC(C)(C)C)C3)n1. The normalized spacial score (nSPS) is 29.3. The third kappa shape index (κ3) is 2.11. The van der Waals surface area contributed by atoms with Crippen LogP contribution in [0.5, 0.6) is 0 Å². The second kappa shape index (κ2) is 3.74. The summed E-state index contributed by atoms with van der Waals surface area (Å²) in [6, 6.07) is 0. The molecular formula is C14H20N2O3. The van der Waals surface area contributed by atoms with Crippen LogP contribution in [-0.2, 0) is 10.2 Å². The lowest BCUT2D eigenvalue weighted by molar-refractivity contribution is 0.0268. The van der Waals surface area contributed by atoms with Crippen molar-refractivity contribution < 1.29 is 13.9 Å². The predicted molar refractivity (Wildman–Crippen MR) is 68.8 cm³/mol. The molecule has 5 nitrogen and oxygen atoms in total. The molecule has 2 unspecified atom stereocenters. The van der Waals surface area contributed by atoms with Crippen molar-refractivity contribution in [2.24, 2.45) is 5.92 Å². The number of hydrogen-bond acceptors (Lipinski definition) is 4. The number of carbonyl (C=O) groups is 1. The Bertz CT molecular complexity index is 517. The van der Waals surface area contributed by atoms with E-state index in [2.05, 4.69) is 4.98 Å². The van der Waals surface area contributed by atoms with Crippen LogP contribution in [0, 0.1) is 12.8 Å². The molecule has 2 atom stereocenters. The lowest BCUT2D eigenvalue weighted by Crippen LogP contribution is -2.37. The van der Waals surface area contributed by atoms with E-state index in [-0.39, 0.29) is 11.5 Å². The van der Waals surface area contributed by atoms with Crippen molar-refractivity contribution in [1.29, 1.82) is 0 Å². The summed E-state index contributed by atoms with van der Waals surface area (Å²) in [4.78, 5) is 18.3. The van der Waals surface area contributed by atoms with Gasteiger partial charge in [0.2, 0.25) is 5.89 Å². The van der Waals surface area contributed by atoms with Crippen molar-refractivity contribution in [2.75, 3.05) is 13.1 Å². The molecule has 0 spiro atoms. The van der Waals surface area contributed by atoms with E-state index in [1.54, 1.807) is 11.2 Å². The first kappa shape index (κ1) is 12.5. The zero-order valence-electron chi connectivity index (χ0n) is 11.9. The molecule has 0 aromatic carbocycles. The van der Waals surface area contributed by atoms with E-state index in [0.29, 0.717) is 12.5 Å². The first-order valence-corrected chi connectivity index (χ1v) is 6.71. The molecule has 2 aliphatic rings. The number of rotatable bonds is 1. The maximum Gasteiger partial charge on any atom is 0.410 e. The minimum absolute atomic E-state index is 0.0504. The molecule has 1 aromatic heterocycles. The van der Waals surface area contributed by atoms with Gasteiger partial charge in [-0.1, -0.05) is 0 Å². The van der Waals surface area contributed by atoms with Gasteiger partial charge >= 0.3 is 6.09 Å². The Labute approximate surface area is 112 Å². The van der Waals surface area contributed by atoms with Crippen molar-refractivity contribution in [3.63, 3.8) is 0 Å². The van der Waals surface area contributed by atoms with E-state index in [9.17, 15) is 4.79 Å². The summed E-state index contributed by atoms with van der Waals surface area (Å²) in [5.74, 6) is 1.25. The Balaban J connectivity index is 1.70. The van der Waals surface area contributed by atoms with Gasteiger partial charge < -0.3 is 14.1 Å². The number of carbonyl (C=O) groups excluding carboxylic acids is 1. The topological polar surface area (TPSA) is 55.6 Å². The van der Waals surface area contributed by atoms with Crippen LogP contribution in [-0.4, -0.2) is 34.7 Å². The molecule has 104 valence electrons. The molecule has 1 amide bonds. The van der Waals surface area contributed by atoms with Crippen LogP contribution in [0.3, 0.4) is 0 Å². The van der Waals surface area contributed by atoms with Crippen LogP contribution < -0.4 is 0 Å². The van der Waals surface area contributed by atoms with E-state index in [1.807, 2.05) is 27.7 Å². The minimum Gasteiger partial charge on any atom is -0.448 e. The zero-order valence-corrected chi connectivity index (χ0v) is 11.9. The van der Waals surface area contributed by atoms with Crippen molar-refractivity contribution in [2.45, 2.75) is 45.1 Å². The maximum absolute atomic E-state index is 12.1. The third-order valence-corrected chi connectivity index (χ3v) is 3.84. The van der Waals surface area contributed by atoms with E-state index in [1.165, 1.54) is 0 Å². The Hall–Kier alpha value is -1.52. The molecule has 5 heteroatoms. The fraction of sp³-hybridized carbons (Fsp3) is 0.714. The minimum atomic E-state index is -0.448. The summed E-state index contributed by atoms with van der Waals surface area (Å²) >= 11 is 0. The molecule has 3 rings (SSSR count). The monoisotopic (exact) mass is 264 g/mol. The van der Waals surface area contributed by atoms with Crippen molar-refractivity contribution in [3.8, 4) is 0 Å². The summed E-state index contributed by atoms with van der Waals surface area (Å²) in [6.07, 6.45) is 2.50. The van der Waals surface area contributed by atoms with Gasteiger partial charge in [0.05, 0.1) is 11.1 Å². The second-order valence-electron chi connectivity index (χ2n) is 6.71. The average Bonchev–Trinajstić information content (AvgIpc) is 2.68. The number of hydrogen-bond donors (Lipinski definition) is 0. The van der Waals surface area contributed by atoms with Crippen LogP contribution in [0.25, 0.3) is 0 Å². The van der Waals surface area contributed by atoms with E-state index >= 15 is 0 Å². The molecule has 0 bridgehead atoms. The van der Waals surface area contributed by atoms with Gasteiger partial charge in [-0.2, -0.15) is 0 Å². The first-order chi connectivity index (χ1) is 8.80. The van der Waals surface area contributed by atoms with Crippen LogP contribution in [0.4, 0.5) is 4.79 Å². The highest BCUT2D eigenvalue weighted by Crippen LogP contribution is 2.58. The van der Waals surface area contributed by atoms with Gasteiger partial charge in [0.15, 0.2) is 0 Å². The highest BCUT2D eigenvalue weighted by molar-refractivity contribution is 5.69. The molecule has 0 radical (unpaired) electrons. The molecule has 0 N–H and O–H groups in total. The number of piperidine rings is 1. The quantitative estimate of drug-likeness (QED) is 0.782. The molecule has 1 aliphatic heterocycles. The number of fused-ring (bicyclic) bond motifs is 1. The zero-order chi connectivity index (χ0) is 13.8. The van der Waals surface area contributed by atoms with Gasteiger partial charge in [0.1, 0.15) is 11.9 Å². The molecule has 1 saturated carbocycles. The van der Waals surface area contributed by atoms with Crippen LogP contribution in [0.1, 0.15) is 38.8 Å². The van der Waals surface area contributed by atoms with E-state index < -0.39 is 5.60 Å². The molecule has 19 heavy (non-hydrogen) atoms. The summed E-state index contributed by atoms with van der Waals surface area (Å²) < 4.78 is 10.9. The summed E-state index contributed by atoms with van der Waals surface area (Å²) in [5.41, 5.74) is 0.396. The molecule has 2 heterocycles. The Morgan fingerprint density at radius 1 is 1.58 bits per heavy atom. The standard InChI is InChI=1S/C14H20N2O3/c1-9-7-18-11(15-9)14-5-10(14)6-16(8-14)12(17)19-13(2,3)4/h7,10H,5-6,8H2,1-4H3. The van der Waals surface area contributed by atoms with Gasteiger partial charge in [-0.15, -0.1) is 0 Å². The van der Waals surface area contributed by atoms with Crippen LogP contribution >= 0.6 is 0 Å². The maximum atomic E-state index is 12.1. The fourth-order valence-corrected chi connectivity index (χ4v) is 2.86. The Morgan fingerprint density at radius 2 is 2.32 bits per heavy atom. The van der Waals surface area contributed by atoms with Gasteiger partial charge in [-0.05, 0) is 40.0 Å². The highest BCUT2D eigenvalue weighted by atomic mass is 16.6. The van der Waals surface area contributed by atoms with Gasteiger partial charge in [-0.25, -0.2) is 9.78 Å². The number of ether oxygens (including phenoxy) is 1. The van der Waals surface area contributed by atoms with E-state index in [0.717, 1.165) is 24.6 Å². The van der Waals surface area contributed by atoms with Gasteiger partial charge in [-0.3, -0.25) is 0 Å². The Morgan fingerprint density at radius 3 is 2.89 bits per heavy atom. The van der Waals surface area contributed by atoms with Gasteiger partial charge in [0, 0.05) is 13.1 Å².